The van der Waals surface area contributed by atoms with E-state index in [-0.39, 0.29) is 10.6 Å². The van der Waals surface area contributed by atoms with Gasteiger partial charge >= 0.3 is 0 Å². The van der Waals surface area contributed by atoms with Crippen LogP contribution in [-0.2, 0) is 0 Å². The summed E-state index contributed by atoms with van der Waals surface area (Å²) in [5.74, 6) is 0. The van der Waals surface area contributed by atoms with Gasteiger partial charge in [0.25, 0.3) is 5.69 Å². The summed E-state index contributed by atoms with van der Waals surface area (Å²) in [7, 11) is 0. The third-order valence-corrected chi connectivity index (χ3v) is 4.06. The van der Waals surface area contributed by atoms with Gasteiger partial charge < -0.3 is 10.6 Å². The highest BCUT2D eigenvalue weighted by molar-refractivity contribution is 9.10. The maximum absolute atomic E-state index is 11.2. The standard InChI is InChI=1S/C13H18BrN3O2/c14-10-4-5-12(17(18)19)13(9-10)16-8-2-1-3-11(16)6-7-15/h4-5,9,11H,1-3,6-8,15H2. The number of nitro benzene ring substituents is 1. The molecule has 0 radical (unpaired) electrons. The molecule has 1 fully saturated rings. The molecule has 0 spiro atoms. The number of hydrogen-bond acceptors (Lipinski definition) is 4. The molecule has 0 bridgehead atoms. The molecule has 19 heavy (non-hydrogen) atoms. The summed E-state index contributed by atoms with van der Waals surface area (Å²) in [6, 6.07) is 5.43. The molecule has 1 atom stereocenters. The molecule has 0 saturated carbocycles. The lowest BCUT2D eigenvalue weighted by Crippen LogP contribution is -2.41. The summed E-state index contributed by atoms with van der Waals surface area (Å²) in [4.78, 5) is 13.0. The first-order valence-electron chi connectivity index (χ1n) is 6.54. The third-order valence-electron chi connectivity index (χ3n) is 3.57. The molecule has 1 aromatic rings. The number of anilines is 1. The largest absolute Gasteiger partial charge is 0.363 e. The molecule has 2 rings (SSSR count). The van der Waals surface area contributed by atoms with Crippen molar-refractivity contribution in [2.45, 2.75) is 31.7 Å². The van der Waals surface area contributed by atoms with Gasteiger partial charge in [-0.1, -0.05) is 15.9 Å². The molecule has 6 heteroatoms. The van der Waals surface area contributed by atoms with E-state index in [1.165, 1.54) is 6.42 Å². The van der Waals surface area contributed by atoms with Gasteiger partial charge in [-0.2, -0.15) is 0 Å². The Bertz CT molecular complexity index is 465. The fourth-order valence-electron chi connectivity index (χ4n) is 2.69. The maximum Gasteiger partial charge on any atom is 0.292 e. The first-order chi connectivity index (χ1) is 9.13. The van der Waals surface area contributed by atoms with Crippen LogP contribution in [0.1, 0.15) is 25.7 Å². The van der Waals surface area contributed by atoms with E-state index in [0.29, 0.717) is 18.3 Å². The summed E-state index contributed by atoms with van der Waals surface area (Å²) < 4.78 is 0.866. The Balaban J connectivity index is 2.37. The SMILES string of the molecule is NCCC1CCCCN1c1cc(Br)ccc1[N+](=O)[O-]. The molecule has 1 aliphatic rings. The molecule has 104 valence electrons. The highest BCUT2D eigenvalue weighted by atomic mass is 79.9. The van der Waals surface area contributed by atoms with Gasteiger partial charge in [-0.25, -0.2) is 0 Å². The summed E-state index contributed by atoms with van der Waals surface area (Å²) in [5, 5.41) is 11.2. The summed E-state index contributed by atoms with van der Waals surface area (Å²) in [6.07, 6.45) is 4.18. The Morgan fingerprint density at radius 3 is 2.95 bits per heavy atom. The van der Waals surface area contributed by atoms with E-state index in [9.17, 15) is 10.1 Å². The van der Waals surface area contributed by atoms with Crippen LogP contribution in [0, 0.1) is 10.1 Å². The van der Waals surface area contributed by atoms with Crippen LogP contribution in [0.4, 0.5) is 11.4 Å². The van der Waals surface area contributed by atoms with Crippen molar-refractivity contribution in [1.29, 1.82) is 0 Å². The average molecular weight is 328 g/mol. The van der Waals surface area contributed by atoms with Crippen LogP contribution in [0.15, 0.2) is 22.7 Å². The van der Waals surface area contributed by atoms with E-state index in [0.717, 1.165) is 30.3 Å². The van der Waals surface area contributed by atoms with Crippen molar-refractivity contribution < 1.29 is 4.92 Å². The summed E-state index contributed by atoms with van der Waals surface area (Å²) in [6.45, 7) is 1.48. The lowest BCUT2D eigenvalue weighted by molar-refractivity contribution is -0.384. The monoisotopic (exact) mass is 327 g/mol. The van der Waals surface area contributed by atoms with Crippen molar-refractivity contribution in [2.75, 3.05) is 18.0 Å². The predicted molar refractivity (Wildman–Crippen MR) is 79.5 cm³/mol. The fraction of sp³-hybridized carbons (Fsp3) is 0.538. The number of benzene rings is 1. The molecular weight excluding hydrogens is 310 g/mol. The van der Waals surface area contributed by atoms with Crippen LogP contribution in [0.3, 0.4) is 0 Å². The minimum atomic E-state index is -0.310. The van der Waals surface area contributed by atoms with E-state index in [1.807, 2.05) is 6.07 Å². The van der Waals surface area contributed by atoms with E-state index >= 15 is 0 Å². The molecule has 0 aliphatic carbocycles. The summed E-state index contributed by atoms with van der Waals surface area (Å²) >= 11 is 3.40. The molecule has 0 amide bonds. The smallest absolute Gasteiger partial charge is 0.292 e. The molecule has 2 N–H and O–H groups in total. The Labute approximate surface area is 121 Å². The third kappa shape index (κ3) is 3.25. The van der Waals surface area contributed by atoms with Gasteiger partial charge in [0.2, 0.25) is 0 Å². The van der Waals surface area contributed by atoms with E-state index < -0.39 is 0 Å². The van der Waals surface area contributed by atoms with Gasteiger partial charge in [0, 0.05) is 23.1 Å². The van der Waals surface area contributed by atoms with Gasteiger partial charge in [0.1, 0.15) is 5.69 Å². The molecular formula is C13H18BrN3O2. The van der Waals surface area contributed by atoms with Gasteiger partial charge in [-0.05, 0) is 44.4 Å². The van der Waals surface area contributed by atoms with Crippen molar-refractivity contribution >= 4 is 27.3 Å². The van der Waals surface area contributed by atoms with Gasteiger partial charge in [0.05, 0.1) is 4.92 Å². The van der Waals surface area contributed by atoms with E-state index in [1.54, 1.807) is 12.1 Å². The van der Waals surface area contributed by atoms with Crippen molar-refractivity contribution in [1.82, 2.24) is 0 Å². The van der Waals surface area contributed by atoms with Crippen LogP contribution in [0.2, 0.25) is 0 Å². The van der Waals surface area contributed by atoms with Crippen LogP contribution < -0.4 is 10.6 Å². The van der Waals surface area contributed by atoms with Gasteiger partial charge in [-0.3, -0.25) is 10.1 Å². The molecule has 1 saturated heterocycles. The number of hydrogen-bond donors (Lipinski definition) is 1. The minimum Gasteiger partial charge on any atom is -0.363 e. The van der Waals surface area contributed by atoms with Gasteiger partial charge in [0.15, 0.2) is 0 Å². The van der Waals surface area contributed by atoms with E-state index in [2.05, 4.69) is 20.8 Å². The minimum absolute atomic E-state index is 0.173. The maximum atomic E-state index is 11.2. The molecule has 1 aromatic carbocycles. The lowest BCUT2D eigenvalue weighted by atomic mass is 9.98. The predicted octanol–water partition coefficient (Wildman–Crippen LogP) is 3.07. The van der Waals surface area contributed by atoms with Crippen LogP contribution in [-0.4, -0.2) is 24.1 Å². The number of nitrogens with zero attached hydrogens (tertiary/aromatic N) is 2. The Kier molecular flexibility index (Phi) is 4.76. The highest BCUT2D eigenvalue weighted by Gasteiger charge is 2.27. The lowest BCUT2D eigenvalue weighted by Gasteiger charge is -2.37. The topological polar surface area (TPSA) is 72.4 Å². The first kappa shape index (κ1) is 14.3. The van der Waals surface area contributed by atoms with Crippen LogP contribution >= 0.6 is 15.9 Å². The van der Waals surface area contributed by atoms with Gasteiger partial charge in [-0.15, -0.1) is 0 Å². The zero-order valence-electron chi connectivity index (χ0n) is 10.7. The zero-order valence-corrected chi connectivity index (χ0v) is 12.3. The second-order valence-electron chi connectivity index (χ2n) is 4.81. The molecule has 0 aromatic heterocycles. The molecule has 1 heterocycles. The van der Waals surface area contributed by atoms with Crippen molar-refractivity contribution in [3.8, 4) is 0 Å². The number of halogens is 1. The fourth-order valence-corrected chi connectivity index (χ4v) is 3.04. The zero-order chi connectivity index (χ0) is 13.8. The highest BCUT2D eigenvalue weighted by Crippen LogP contribution is 2.35. The Morgan fingerprint density at radius 2 is 2.26 bits per heavy atom. The van der Waals surface area contributed by atoms with Crippen LogP contribution in [0.25, 0.3) is 0 Å². The summed E-state index contributed by atoms with van der Waals surface area (Å²) in [5.41, 5.74) is 6.54. The van der Waals surface area contributed by atoms with E-state index in [4.69, 9.17) is 5.73 Å². The number of piperidine rings is 1. The Hall–Kier alpha value is -1.14. The molecule has 5 nitrogen and oxygen atoms in total. The first-order valence-corrected chi connectivity index (χ1v) is 7.33. The number of nitro groups is 1. The molecule has 1 unspecified atom stereocenters. The normalized spacial score (nSPS) is 19.5. The second-order valence-corrected chi connectivity index (χ2v) is 5.73. The van der Waals surface area contributed by atoms with Crippen molar-refractivity contribution in [3.05, 3.63) is 32.8 Å². The molecule has 1 aliphatic heterocycles. The quantitative estimate of drug-likeness (QED) is 0.681. The van der Waals surface area contributed by atoms with Crippen LogP contribution in [0.5, 0.6) is 0 Å². The number of nitrogens with two attached hydrogens (primary N) is 1. The average Bonchev–Trinajstić information content (AvgIpc) is 2.39. The van der Waals surface area contributed by atoms with Crippen molar-refractivity contribution in [2.24, 2.45) is 5.73 Å². The number of rotatable bonds is 4. The van der Waals surface area contributed by atoms with Crippen molar-refractivity contribution in [3.63, 3.8) is 0 Å². The second kappa shape index (κ2) is 6.34. The Morgan fingerprint density at radius 1 is 1.47 bits per heavy atom.